The van der Waals surface area contributed by atoms with Crippen molar-refractivity contribution < 1.29 is 9.59 Å². The topological polar surface area (TPSA) is 83.4 Å². The monoisotopic (exact) mass is 410 g/mol. The summed E-state index contributed by atoms with van der Waals surface area (Å²) in [5.74, 6) is -0.776. The molecule has 0 aliphatic carbocycles. The van der Waals surface area contributed by atoms with Crippen LogP contribution >= 0.6 is 0 Å². The Hall–Kier alpha value is -2.93. The Bertz CT molecular complexity index is 918. The van der Waals surface area contributed by atoms with Gasteiger partial charge in [-0.15, -0.1) is 0 Å². The van der Waals surface area contributed by atoms with Crippen LogP contribution in [0.15, 0.2) is 47.4 Å². The first-order valence-corrected chi connectivity index (χ1v) is 10.6. The minimum absolute atomic E-state index is 0.0330. The molecule has 2 N–H and O–H groups in total. The van der Waals surface area contributed by atoms with E-state index in [0.717, 1.165) is 31.6 Å². The number of benzene rings is 1. The van der Waals surface area contributed by atoms with Crippen LogP contribution < -0.4 is 16.2 Å². The molecule has 0 spiro atoms. The molecule has 0 bridgehead atoms. The van der Waals surface area contributed by atoms with Crippen molar-refractivity contribution in [3.8, 4) is 0 Å². The minimum Gasteiger partial charge on any atom is -0.355 e. The van der Waals surface area contributed by atoms with E-state index < -0.39 is 11.5 Å². The number of pyridine rings is 1. The van der Waals surface area contributed by atoms with Crippen LogP contribution in [-0.4, -0.2) is 54.5 Å². The Morgan fingerprint density at radius 3 is 2.47 bits per heavy atom. The predicted molar refractivity (Wildman–Crippen MR) is 117 cm³/mol. The minimum atomic E-state index is -0.499. The molecule has 1 aliphatic rings. The fraction of sp³-hybridized carbons (Fsp3) is 0.435. The van der Waals surface area contributed by atoms with Crippen LogP contribution in [0.3, 0.4) is 0 Å². The number of nitrogens with one attached hydrogen (secondary N) is 2. The smallest absolute Gasteiger partial charge is 0.263 e. The van der Waals surface area contributed by atoms with E-state index in [1.165, 1.54) is 43.1 Å². The lowest BCUT2D eigenvalue weighted by molar-refractivity contribution is 0.0950. The van der Waals surface area contributed by atoms with E-state index in [1.54, 1.807) is 0 Å². The summed E-state index contributed by atoms with van der Waals surface area (Å²) in [5, 5.41) is 5.40. The van der Waals surface area contributed by atoms with E-state index in [2.05, 4.69) is 15.5 Å². The van der Waals surface area contributed by atoms with Gasteiger partial charge in [0.05, 0.1) is 12.1 Å². The molecule has 1 aliphatic heterocycles. The number of rotatable bonds is 8. The van der Waals surface area contributed by atoms with Crippen molar-refractivity contribution in [2.24, 2.45) is 0 Å². The van der Waals surface area contributed by atoms with Gasteiger partial charge in [0.1, 0.15) is 5.56 Å². The summed E-state index contributed by atoms with van der Waals surface area (Å²) >= 11 is 0. The first-order valence-electron chi connectivity index (χ1n) is 10.6. The number of hydrogen-bond donors (Lipinski definition) is 2. The van der Waals surface area contributed by atoms with Gasteiger partial charge in [0, 0.05) is 19.8 Å². The summed E-state index contributed by atoms with van der Waals surface area (Å²) in [4.78, 5) is 40.1. The molecule has 1 fully saturated rings. The first kappa shape index (κ1) is 21.8. The van der Waals surface area contributed by atoms with E-state index in [9.17, 15) is 14.4 Å². The van der Waals surface area contributed by atoms with Crippen molar-refractivity contribution in [2.75, 3.05) is 33.2 Å². The van der Waals surface area contributed by atoms with Gasteiger partial charge < -0.3 is 20.1 Å². The Morgan fingerprint density at radius 2 is 1.77 bits per heavy atom. The van der Waals surface area contributed by atoms with Crippen LogP contribution in [0.5, 0.6) is 0 Å². The number of aromatic nitrogens is 1. The molecule has 30 heavy (non-hydrogen) atoms. The number of amides is 2. The number of piperidine rings is 1. The standard InChI is InChI=1S/C23H30N4O3/c1-24-22(29)20-15-19(17-27(23(20)30)16-18-9-4-2-5-10-18)21(28)25-11-8-14-26-12-6-3-7-13-26/h2,4-5,9-10,15,17H,3,6-8,11-14,16H2,1H3,(H,24,29)(H,25,28). The van der Waals surface area contributed by atoms with Gasteiger partial charge >= 0.3 is 0 Å². The zero-order chi connectivity index (χ0) is 21.3. The second-order valence-corrected chi connectivity index (χ2v) is 7.65. The largest absolute Gasteiger partial charge is 0.355 e. The van der Waals surface area contributed by atoms with Crippen molar-refractivity contribution in [1.29, 1.82) is 0 Å². The van der Waals surface area contributed by atoms with Crippen LogP contribution in [-0.2, 0) is 6.54 Å². The van der Waals surface area contributed by atoms with Crippen molar-refractivity contribution in [1.82, 2.24) is 20.1 Å². The van der Waals surface area contributed by atoms with Crippen LogP contribution in [0, 0.1) is 0 Å². The molecule has 2 heterocycles. The Labute approximate surface area is 177 Å². The molecule has 0 radical (unpaired) electrons. The molecule has 2 amide bonds. The molecule has 0 unspecified atom stereocenters. The first-order chi connectivity index (χ1) is 14.6. The SMILES string of the molecule is CNC(=O)c1cc(C(=O)NCCCN2CCCCC2)cn(Cc2ccccc2)c1=O. The maximum Gasteiger partial charge on any atom is 0.263 e. The quantitative estimate of drug-likeness (QED) is 0.651. The molecule has 1 saturated heterocycles. The summed E-state index contributed by atoms with van der Waals surface area (Å²) in [6.07, 6.45) is 6.20. The van der Waals surface area contributed by atoms with Gasteiger partial charge in [-0.3, -0.25) is 14.4 Å². The molecule has 7 nitrogen and oxygen atoms in total. The highest BCUT2D eigenvalue weighted by Gasteiger charge is 2.17. The van der Waals surface area contributed by atoms with Crippen molar-refractivity contribution in [3.63, 3.8) is 0 Å². The van der Waals surface area contributed by atoms with Crippen LogP contribution in [0.25, 0.3) is 0 Å². The van der Waals surface area contributed by atoms with Crippen molar-refractivity contribution in [3.05, 3.63) is 69.6 Å². The van der Waals surface area contributed by atoms with Gasteiger partial charge in [-0.2, -0.15) is 0 Å². The fourth-order valence-electron chi connectivity index (χ4n) is 3.74. The van der Waals surface area contributed by atoms with Crippen molar-refractivity contribution in [2.45, 2.75) is 32.2 Å². The average molecular weight is 411 g/mol. The zero-order valence-corrected chi connectivity index (χ0v) is 17.5. The summed E-state index contributed by atoms with van der Waals surface area (Å²) in [7, 11) is 1.47. The molecule has 7 heteroatoms. The fourth-order valence-corrected chi connectivity index (χ4v) is 3.74. The number of likely N-dealkylation sites (tertiary alicyclic amines) is 1. The molecule has 1 aromatic carbocycles. The molecule has 1 aromatic heterocycles. The second kappa shape index (κ2) is 10.7. The van der Waals surface area contributed by atoms with Gasteiger partial charge in [0.2, 0.25) is 0 Å². The van der Waals surface area contributed by atoms with E-state index in [4.69, 9.17) is 0 Å². The highest BCUT2D eigenvalue weighted by atomic mass is 16.2. The highest BCUT2D eigenvalue weighted by Crippen LogP contribution is 2.09. The molecular weight excluding hydrogens is 380 g/mol. The number of carbonyl (C=O) groups excluding carboxylic acids is 2. The third kappa shape index (κ3) is 5.79. The van der Waals surface area contributed by atoms with Gasteiger partial charge in [-0.1, -0.05) is 36.8 Å². The van der Waals surface area contributed by atoms with Gasteiger partial charge in [0.25, 0.3) is 17.4 Å². The number of carbonyl (C=O) groups is 2. The van der Waals surface area contributed by atoms with Crippen LogP contribution in [0.4, 0.5) is 0 Å². The molecule has 160 valence electrons. The lowest BCUT2D eigenvalue weighted by atomic mass is 10.1. The highest BCUT2D eigenvalue weighted by molar-refractivity contribution is 5.99. The Balaban J connectivity index is 1.70. The van der Waals surface area contributed by atoms with Crippen LogP contribution in [0.1, 0.15) is 52.0 Å². The normalized spacial score (nSPS) is 14.3. The maximum atomic E-state index is 12.7. The van der Waals surface area contributed by atoms with E-state index in [0.29, 0.717) is 18.7 Å². The van der Waals surface area contributed by atoms with Crippen molar-refractivity contribution >= 4 is 11.8 Å². The predicted octanol–water partition coefficient (Wildman–Crippen LogP) is 1.86. The Morgan fingerprint density at radius 1 is 1.03 bits per heavy atom. The van der Waals surface area contributed by atoms with Gasteiger partial charge in [-0.25, -0.2) is 0 Å². The number of hydrogen-bond acceptors (Lipinski definition) is 4. The number of nitrogens with zero attached hydrogens (tertiary/aromatic N) is 2. The molecule has 0 atom stereocenters. The third-order valence-electron chi connectivity index (χ3n) is 5.40. The second-order valence-electron chi connectivity index (χ2n) is 7.65. The Kier molecular flexibility index (Phi) is 7.79. The maximum absolute atomic E-state index is 12.7. The molecular formula is C23H30N4O3. The summed E-state index contributed by atoms with van der Waals surface area (Å²) in [6.45, 7) is 4.08. The van der Waals surface area contributed by atoms with Gasteiger partial charge in [-0.05, 0) is 50.5 Å². The van der Waals surface area contributed by atoms with E-state index >= 15 is 0 Å². The van der Waals surface area contributed by atoms with Crippen LogP contribution in [0.2, 0.25) is 0 Å². The van der Waals surface area contributed by atoms with E-state index in [-0.39, 0.29) is 11.5 Å². The summed E-state index contributed by atoms with van der Waals surface area (Å²) in [5.41, 5.74) is 0.776. The lowest BCUT2D eigenvalue weighted by Gasteiger charge is -2.26. The molecule has 2 aromatic rings. The molecule has 3 rings (SSSR count). The van der Waals surface area contributed by atoms with E-state index in [1.807, 2.05) is 30.3 Å². The summed E-state index contributed by atoms with van der Waals surface area (Å²) in [6, 6.07) is 10.9. The third-order valence-corrected chi connectivity index (χ3v) is 5.40. The zero-order valence-electron chi connectivity index (χ0n) is 17.5. The average Bonchev–Trinajstić information content (AvgIpc) is 2.78. The lowest BCUT2D eigenvalue weighted by Crippen LogP contribution is -2.35. The molecule has 0 saturated carbocycles. The summed E-state index contributed by atoms with van der Waals surface area (Å²) < 4.78 is 1.42. The van der Waals surface area contributed by atoms with Gasteiger partial charge in [0.15, 0.2) is 0 Å².